The van der Waals surface area contributed by atoms with E-state index < -0.39 is 0 Å². The van der Waals surface area contributed by atoms with Crippen molar-refractivity contribution in [2.75, 3.05) is 14.2 Å². The standard InChI is InChI=1S/C19H21N3O4/c1-23-16-9-8-14(10-17(16)24-2)11-20-12-18-21-22-19(26-18)13-25-15-6-4-3-5-7-15/h3-10,20H,11-13H2,1-2H3. The van der Waals surface area contributed by atoms with Gasteiger partial charge in [0.15, 0.2) is 18.1 Å². The fraction of sp³-hybridized carbons (Fsp3) is 0.263. The van der Waals surface area contributed by atoms with Gasteiger partial charge in [0, 0.05) is 6.54 Å². The van der Waals surface area contributed by atoms with Crippen LogP contribution in [0.25, 0.3) is 0 Å². The van der Waals surface area contributed by atoms with Crippen molar-refractivity contribution in [1.29, 1.82) is 0 Å². The molecule has 26 heavy (non-hydrogen) atoms. The van der Waals surface area contributed by atoms with Crippen LogP contribution in [0.2, 0.25) is 0 Å². The molecule has 0 atom stereocenters. The van der Waals surface area contributed by atoms with Crippen molar-refractivity contribution >= 4 is 0 Å². The van der Waals surface area contributed by atoms with Crippen LogP contribution in [-0.2, 0) is 19.7 Å². The highest BCUT2D eigenvalue weighted by atomic mass is 16.5. The Kier molecular flexibility index (Phi) is 6.05. The lowest BCUT2D eigenvalue weighted by atomic mass is 10.2. The van der Waals surface area contributed by atoms with E-state index in [2.05, 4.69) is 15.5 Å². The maximum absolute atomic E-state index is 5.58. The molecular formula is C19H21N3O4. The van der Waals surface area contributed by atoms with E-state index in [0.717, 1.165) is 11.3 Å². The summed E-state index contributed by atoms with van der Waals surface area (Å²) in [5.74, 6) is 3.12. The first-order valence-electron chi connectivity index (χ1n) is 8.19. The number of rotatable bonds is 9. The van der Waals surface area contributed by atoms with E-state index in [-0.39, 0.29) is 6.61 Å². The highest BCUT2D eigenvalue weighted by Gasteiger charge is 2.08. The Hall–Kier alpha value is -3.06. The number of nitrogens with one attached hydrogen (secondary N) is 1. The average Bonchev–Trinajstić information content (AvgIpc) is 3.15. The molecule has 0 aliphatic rings. The summed E-state index contributed by atoms with van der Waals surface area (Å²) >= 11 is 0. The quantitative estimate of drug-likeness (QED) is 0.632. The lowest BCUT2D eigenvalue weighted by Gasteiger charge is -2.09. The minimum atomic E-state index is 0.243. The number of hydrogen-bond donors (Lipinski definition) is 1. The molecule has 3 aromatic rings. The van der Waals surface area contributed by atoms with E-state index in [4.69, 9.17) is 18.6 Å². The number of benzene rings is 2. The van der Waals surface area contributed by atoms with Crippen molar-refractivity contribution in [1.82, 2.24) is 15.5 Å². The minimum absolute atomic E-state index is 0.243. The summed E-state index contributed by atoms with van der Waals surface area (Å²) in [4.78, 5) is 0. The highest BCUT2D eigenvalue weighted by Crippen LogP contribution is 2.27. The minimum Gasteiger partial charge on any atom is -0.493 e. The summed E-state index contributed by atoms with van der Waals surface area (Å²) in [6.07, 6.45) is 0. The summed E-state index contributed by atoms with van der Waals surface area (Å²) in [7, 11) is 3.23. The SMILES string of the molecule is COc1ccc(CNCc2nnc(COc3ccccc3)o2)cc1OC. The third kappa shape index (κ3) is 4.73. The van der Waals surface area contributed by atoms with Crippen molar-refractivity contribution in [3.63, 3.8) is 0 Å². The number of aromatic nitrogens is 2. The molecule has 0 radical (unpaired) electrons. The molecule has 0 saturated heterocycles. The molecule has 0 amide bonds. The van der Waals surface area contributed by atoms with Crippen LogP contribution in [-0.4, -0.2) is 24.4 Å². The van der Waals surface area contributed by atoms with E-state index in [1.54, 1.807) is 14.2 Å². The maximum atomic E-state index is 5.58. The second kappa shape index (κ2) is 8.87. The van der Waals surface area contributed by atoms with E-state index in [1.165, 1.54) is 0 Å². The van der Waals surface area contributed by atoms with Gasteiger partial charge in [0.2, 0.25) is 5.89 Å². The van der Waals surface area contributed by atoms with Gasteiger partial charge < -0.3 is 23.9 Å². The van der Waals surface area contributed by atoms with E-state index in [0.29, 0.717) is 36.4 Å². The van der Waals surface area contributed by atoms with Crippen molar-refractivity contribution in [2.24, 2.45) is 0 Å². The number of methoxy groups -OCH3 is 2. The summed E-state index contributed by atoms with van der Waals surface area (Å²) < 4.78 is 21.7. The monoisotopic (exact) mass is 355 g/mol. The van der Waals surface area contributed by atoms with Crippen LogP contribution >= 0.6 is 0 Å². The van der Waals surface area contributed by atoms with Gasteiger partial charge in [-0.2, -0.15) is 0 Å². The molecule has 0 fully saturated rings. The van der Waals surface area contributed by atoms with Crippen LogP contribution in [0.15, 0.2) is 52.9 Å². The van der Waals surface area contributed by atoms with Crippen LogP contribution in [0.4, 0.5) is 0 Å². The largest absolute Gasteiger partial charge is 0.493 e. The first kappa shape index (κ1) is 17.8. The molecule has 1 N–H and O–H groups in total. The smallest absolute Gasteiger partial charge is 0.253 e. The summed E-state index contributed by atoms with van der Waals surface area (Å²) in [5, 5.41) is 11.3. The third-order valence-corrected chi connectivity index (χ3v) is 3.67. The molecule has 2 aromatic carbocycles. The van der Waals surface area contributed by atoms with Gasteiger partial charge in [-0.3, -0.25) is 0 Å². The van der Waals surface area contributed by atoms with Gasteiger partial charge in [0.1, 0.15) is 5.75 Å². The molecule has 0 aliphatic heterocycles. The van der Waals surface area contributed by atoms with Gasteiger partial charge in [0.25, 0.3) is 5.89 Å². The molecule has 3 rings (SSSR count). The van der Waals surface area contributed by atoms with Crippen LogP contribution < -0.4 is 19.5 Å². The highest BCUT2D eigenvalue weighted by molar-refractivity contribution is 5.42. The topological polar surface area (TPSA) is 78.6 Å². The molecule has 1 heterocycles. The Morgan fingerprint density at radius 1 is 0.885 bits per heavy atom. The lowest BCUT2D eigenvalue weighted by molar-refractivity contribution is 0.258. The van der Waals surface area contributed by atoms with Crippen LogP contribution in [0.5, 0.6) is 17.2 Å². The van der Waals surface area contributed by atoms with Gasteiger partial charge >= 0.3 is 0 Å². The molecule has 0 spiro atoms. The first-order chi connectivity index (χ1) is 12.8. The van der Waals surface area contributed by atoms with Crippen molar-refractivity contribution in [3.8, 4) is 17.2 Å². The summed E-state index contributed by atoms with van der Waals surface area (Å²) in [5.41, 5.74) is 1.06. The second-order valence-corrected chi connectivity index (χ2v) is 5.48. The Morgan fingerprint density at radius 3 is 2.42 bits per heavy atom. The summed E-state index contributed by atoms with van der Waals surface area (Å²) in [6, 6.07) is 15.3. The van der Waals surface area contributed by atoms with Crippen molar-refractivity contribution < 1.29 is 18.6 Å². The predicted octanol–water partition coefficient (Wildman–Crippen LogP) is 2.96. The van der Waals surface area contributed by atoms with Gasteiger partial charge in [-0.25, -0.2) is 0 Å². The number of ether oxygens (including phenoxy) is 3. The molecule has 1 aromatic heterocycles. The Labute approximate surface area is 151 Å². The molecule has 7 heteroatoms. The molecule has 0 bridgehead atoms. The molecule has 7 nitrogen and oxygen atoms in total. The van der Waals surface area contributed by atoms with E-state index in [1.807, 2.05) is 48.5 Å². The van der Waals surface area contributed by atoms with Gasteiger partial charge in [0.05, 0.1) is 20.8 Å². The van der Waals surface area contributed by atoms with Gasteiger partial charge in [-0.1, -0.05) is 24.3 Å². The molecule has 0 saturated carbocycles. The maximum Gasteiger partial charge on any atom is 0.253 e. The van der Waals surface area contributed by atoms with Gasteiger partial charge in [-0.05, 0) is 29.8 Å². The van der Waals surface area contributed by atoms with E-state index in [9.17, 15) is 0 Å². The Balaban J connectivity index is 1.47. The zero-order valence-corrected chi connectivity index (χ0v) is 14.8. The number of nitrogens with zero attached hydrogens (tertiary/aromatic N) is 2. The zero-order chi connectivity index (χ0) is 18.2. The Morgan fingerprint density at radius 2 is 1.65 bits per heavy atom. The van der Waals surface area contributed by atoms with Crippen molar-refractivity contribution in [2.45, 2.75) is 19.7 Å². The molecule has 136 valence electrons. The predicted molar refractivity (Wildman–Crippen MR) is 95.2 cm³/mol. The van der Waals surface area contributed by atoms with Crippen molar-refractivity contribution in [3.05, 3.63) is 65.9 Å². The molecular weight excluding hydrogens is 334 g/mol. The molecule has 0 aliphatic carbocycles. The number of para-hydroxylation sites is 1. The normalized spacial score (nSPS) is 10.5. The second-order valence-electron chi connectivity index (χ2n) is 5.48. The third-order valence-electron chi connectivity index (χ3n) is 3.67. The van der Waals surface area contributed by atoms with Crippen LogP contribution in [0, 0.1) is 0 Å². The number of hydrogen-bond acceptors (Lipinski definition) is 7. The first-order valence-corrected chi connectivity index (χ1v) is 8.19. The van der Waals surface area contributed by atoms with Crippen LogP contribution in [0.3, 0.4) is 0 Å². The Bertz CT molecular complexity index is 821. The zero-order valence-electron chi connectivity index (χ0n) is 14.8. The van der Waals surface area contributed by atoms with E-state index >= 15 is 0 Å². The van der Waals surface area contributed by atoms with Crippen LogP contribution in [0.1, 0.15) is 17.3 Å². The fourth-order valence-electron chi connectivity index (χ4n) is 2.38. The molecule has 0 unspecified atom stereocenters. The average molecular weight is 355 g/mol. The summed E-state index contributed by atoms with van der Waals surface area (Å²) in [6.45, 7) is 1.35. The van der Waals surface area contributed by atoms with Gasteiger partial charge in [-0.15, -0.1) is 10.2 Å². The lowest BCUT2D eigenvalue weighted by Crippen LogP contribution is -2.13. The fourth-order valence-corrected chi connectivity index (χ4v) is 2.38.